The van der Waals surface area contributed by atoms with Gasteiger partial charge in [0.25, 0.3) is 0 Å². The Labute approximate surface area is 153 Å². The quantitative estimate of drug-likeness (QED) is 0.825. The zero-order valence-corrected chi connectivity index (χ0v) is 15.2. The second-order valence-corrected chi connectivity index (χ2v) is 6.91. The van der Waals surface area contributed by atoms with Crippen LogP contribution in [0.2, 0.25) is 0 Å². The first-order chi connectivity index (χ1) is 12.6. The van der Waals surface area contributed by atoms with Gasteiger partial charge >= 0.3 is 6.09 Å². The van der Waals surface area contributed by atoms with Crippen molar-refractivity contribution in [2.45, 2.75) is 31.8 Å². The topological polar surface area (TPSA) is 53.1 Å². The molecule has 0 spiro atoms. The van der Waals surface area contributed by atoms with Gasteiger partial charge in [-0.25, -0.2) is 9.18 Å². The summed E-state index contributed by atoms with van der Waals surface area (Å²) in [5.74, 6) is -0.211. The lowest BCUT2D eigenvalue weighted by molar-refractivity contribution is -0.139. The van der Waals surface area contributed by atoms with E-state index in [1.807, 2.05) is 11.0 Å². The van der Waals surface area contributed by atoms with Crippen molar-refractivity contribution >= 4 is 12.0 Å². The van der Waals surface area contributed by atoms with Gasteiger partial charge in [0, 0.05) is 39.3 Å². The Morgan fingerprint density at radius 2 is 1.92 bits per heavy atom. The van der Waals surface area contributed by atoms with Crippen LogP contribution in [0.3, 0.4) is 0 Å². The van der Waals surface area contributed by atoms with Gasteiger partial charge in [0.15, 0.2) is 0 Å². The molecule has 0 saturated carbocycles. The molecule has 0 aromatic heterocycles. The third-order valence-corrected chi connectivity index (χ3v) is 5.18. The summed E-state index contributed by atoms with van der Waals surface area (Å²) in [6, 6.07) is 6.21. The number of likely N-dealkylation sites (tertiary alicyclic amines) is 1. The zero-order chi connectivity index (χ0) is 18.5. The van der Waals surface area contributed by atoms with E-state index in [1.54, 1.807) is 17.0 Å². The van der Waals surface area contributed by atoms with Gasteiger partial charge in [0.05, 0.1) is 7.11 Å². The average Bonchev–Trinajstić information content (AvgIpc) is 2.67. The number of amides is 2. The lowest BCUT2D eigenvalue weighted by Gasteiger charge is -2.40. The maximum absolute atomic E-state index is 13.3. The van der Waals surface area contributed by atoms with Gasteiger partial charge in [-0.15, -0.1) is 0 Å². The standard InChI is InChI=1S/C19H26FN3O3/c1-26-19(25)23-8-3-2-7-17(23)18(24)22-11-9-21(10-12-22)14-15-5-4-6-16(20)13-15/h4-6,13,17H,2-3,7-12,14H2,1H3/t17-/m0/s1. The molecule has 142 valence electrons. The molecule has 1 aromatic rings. The van der Waals surface area contributed by atoms with Gasteiger partial charge in [0.2, 0.25) is 5.91 Å². The van der Waals surface area contributed by atoms with Crippen LogP contribution in [-0.2, 0) is 16.1 Å². The average molecular weight is 363 g/mol. The van der Waals surface area contributed by atoms with Crippen molar-refractivity contribution in [1.82, 2.24) is 14.7 Å². The van der Waals surface area contributed by atoms with Crippen molar-refractivity contribution < 1.29 is 18.7 Å². The van der Waals surface area contributed by atoms with Gasteiger partial charge in [0.1, 0.15) is 11.9 Å². The zero-order valence-electron chi connectivity index (χ0n) is 15.2. The minimum absolute atomic E-state index is 0.0144. The highest BCUT2D eigenvalue weighted by molar-refractivity contribution is 5.86. The SMILES string of the molecule is COC(=O)N1CCCC[C@H]1C(=O)N1CCN(Cc2cccc(F)c2)CC1. The van der Waals surface area contributed by atoms with E-state index in [2.05, 4.69) is 4.90 Å². The van der Waals surface area contributed by atoms with Gasteiger partial charge in [-0.05, 0) is 37.0 Å². The molecule has 2 saturated heterocycles. The van der Waals surface area contributed by atoms with Crippen LogP contribution in [0.25, 0.3) is 0 Å². The normalized spacial score (nSPS) is 21.5. The van der Waals surface area contributed by atoms with Crippen LogP contribution in [0.4, 0.5) is 9.18 Å². The number of hydrogen-bond donors (Lipinski definition) is 0. The number of carbonyl (C=O) groups excluding carboxylic acids is 2. The highest BCUT2D eigenvalue weighted by atomic mass is 19.1. The summed E-state index contributed by atoms with van der Waals surface area (Å²) in [5.41, 5.74) is 0.939. The number of hydrogen-bond acceptors (Lipinski definition) is 4. The summed E-state index contributed by atoms with van der Waals surface area (Å²) in [4.78, 5) is 30.5. The summed E-state index contributed by atoms with van der Waals surface area (Å²) in [7, 11) is 1.35. The molecule has 0 aliphatic carbocycles. The molecule has 2 heterocycles. The first-order valence-electron chi connectivity index (χ1n) is 9.18. The number of ether oxygens (including phenoxy) is 1. The van der Waals surface area contributed by atoms with Crippen LogP contribution in [-0.4, -0.2) is 72.6 Å². The molecule has 7 heteroatoms. The maximum atomic E-state index is 13.3. The predicted molar refractivity (Wildman–Crippen MR) is 95.0 cm³/mol. The lowest BCUT2D eigenvalue weighted by atomic mass is 10.0. The first kappa shape index (κ1) is 18.6. The molecule has 3 rings (SSSR count). The van der Waals surface area contributed by atoms with Crippen molar-refractivity contribution in [3.63, 3.8) is 0 Å². The molecule has 2 aliphatic heterocycles. The monoisotopic (exact) mass is 363 g/mol. The third kappa shape index (κ3) is 4.33. The Morgan fingerprint density at radius 3 is 2.62 bits per heavy atom. The Kier molecular flexibility index (Phi) is 6.08. The lowest BCUT2D eigenvalue weighted by Crippen LogP contribution is -2.57. The highest BCUT2D eigenvalue weighted by Gasteiger charge is 2.36. The van der Waals surface area contributed by atoms with Crippen LogP contribution in [0.15, 0.2) is 24.3 Å². The van der Waals surface area contributed by atoms with E-state index < -0.39 is 12.1 Å². The Hall–Kier alpha value is -2.15. The molecule has 0 bridgehead atoms. The number of methoxy groups -OCH3 is 1. The number of halogens is 1. The second kappa shape index (κ2) is 8.49. The molecule has 0 unspecified atom stereocenters. The maximum Gasteiger partial charge on any atom is 0.410 e. The van der Waals surface area contributed by atoms with E-state index in [0.29, 0.717) is 32.6 Å². The van der Waals surface area contributed by atoms with Crippen LogP contribution in [0, 0.1) is 5.82 Å². The van der Waals surface area contributed by atoms with E-state index in [4.69, 9.17) is 4.74 Å². The van der Waals surface area contributed by atoms with E-state index in [-0.39, 0.29) is 11.7 Å². The predicted octanol–water partition coefficient (Wildman–Crippen LogP) is 2.09. The number of piperazine rings is 1. The smallest absolute Gasteiger partial charge is 0.410 e. The number of carbonyl (C=O) groups is 2. The molecule has 1 aromatic carbocycles. The molecule has 26 heavy (non-hydrogen) atoms. The van der Waals surface area contributed by atoms with Crippen LogP contribution >= 0.6 is 0 Å². The van der Waals surface area contributed by atoms with Gasteiger partial charge in [-0.3, -0.25) is 14.6 Å². The molecule has 2 fully saturated rings. The van der Waals surface area contributed by atoms with Gasteiger partial charge in [-0.2, -0.15) is 0 Å². The Balaban J connectivity index is 1.55. The third-order valence-electron chi connectivity index (χ3n) is 5.18. The Bertz CT molecular complexity index is 647. The van der Waals surface area contributed by atoms with Crippen molar-refractivity contribution in [2.75, 3.05) is 39.8 Å². The number of nitrogens with zero attached hydrogens (tertiary/aromatic N) is 3. The minimum Gasteiger partial charge on any atom is -0.453 e. The second-order valence-electron chi connectivity index (χ2n) is 6.91. The molecule has 2 aliphatic rings. The molecule has 2 amide bonds. The minimum atomic E-state index is -0.423. The largest absolute Gasteiger partial charge is 0.453 e. The van der Waals surface area contributed by atoms with Crippen molar-refractivity contribution in [3.05, 3.63) is 35.6 Å². The van der Waals surface area contributed by atoms with E-state index in [1.165, 1.54) is 13.2 Å². The molecule has 1 atom stereocenters. The molecule has 0 N–H and O–H groups in total. The van der Waals surface area contributed by atoms with E-state index in [0.717, 1.165) is 31.5 Å². The summed E-state index contributed by atoms with van der Waals surface area (Å²) in [5, 5.41) is 0. The summed E-state index contributed by atoms with van der Waals surface area (Å²) < 4.78 is 18.1. The van der Waals surface area contributed by atoms with Crippen molar-refractivity contribution in [3.8, 4) is 0 Å². The fraction of sp³-hybridized carbons (Fsp3) is 0.579. The van der Waals surface area contributed by atoms with E-state index >= 15 is 0 Å². The summed E-state index contributed by atoms with van der Waals surface area (Å²) in [6.45, 7) is 3.99. The Morgan fingerprint density at radius 1 is 1.15 bits per heavy atom. The van der Waals surface area contributed by atoms with E-state index in [9.17, 15) is 14.0 Å². The molecule has 6 nitrogen and oxygen atoms in total. The fourth-order valence-electron chi connectivity index (χ4n) is 3.75. The van der Waals surface area contributed by atoms with Crippen molar-refractivity contribution in [1.29, 1.82) is 0 Å². The fourth-order valence-corrected chi connectivity index (χ4v) is 3.75. The van der Waals surface area contributed by atoms with Crippen LogP contribution in [0.1, 0.15) is 24.8 Å². The first-order valence-corrected chi connectivity index (χ1v) is 9.18. The highest BCUT2D eigenvalue weighted by Crippen LogP contribution is 2.21. The number of rotatable bonds is 3. The molecule has 0 radical (unpaired) electrons. The van der Waals surface area contributed by atoms with Crippen LogP contribution in [0.5, 0.6) is 0 Å². The molecular formula is C19H26FN3O3. The van der Waals surface area contributed by atoms with Gasteiger partial charge < -0.3 is 9.64 Å². The molecular weight excluding hydrogens is 337 g/mol. The number of piperidine rings is 1. The van der Waals surface area contributed by atoms with Crippen LogP contribution < -0.4 is 0 Å². The number of benzene rings is 1. The summed E-state index contributed by atoms with van der Waals surface area (Å²) in [6.07, 6.45) is 2.12. The van der Waals surface area contributed by atoms with Crippen molar-refractivity contribution in [2.24, 2.45) is 0 Å². The van der Waals surface area contributed by atoms with Gasteiger partial charge in [-0.1, -0.05) is 12.1 Å². The summed E-state index contributed by atoms with van der Waals surface area (Å²) >= 11 is 0.